The zero-order valence-electron chi connectivity index (χ0n) is 8.30. The van der Waals surface area contributed by atoms with Crippen molar-refractivity contribution in [2.45, 2.75) is 13.0 Å². The molecule has 0 heterocycles. The van der Waals surface area contributed by atoms with Gasteiger partial charge in [0.2, 0.25) is 0 Å². The van der Waals surface area contributed by atoms with Crippen molar-refractivity contribution in [1.29, 1.82) is 0 Å². The van der Waals surface area contributed by atoms with Crippen LogP contribution < -0.4 is 11.1 Å². The van der Waals surface area contributed by atoms with E-state index < -0.39 is 11.0 Å². The number of aliphatic hydroxyl groups excluding tert-OH is 1. The van der Waals surface area contributed by atoms with Crippen LogP contribution in [0.15, 0.2) is 18.2 Å². The Balaban J connectivity index is 2.78. The van der Waals surface area contributed by atoms with Gasteiger partial charge in [0.15, 0.2) is 0 Å². The number of hydrogen-bond acceptors (Lipinski definition) is 5. The number of nitrogen functional groups attached to an aromatic ring is 1. The molecule has 6 heteroatoms. The Labute approximate surface area is 86.9 Å². The van der Waals surface area contributed by atoms with Gasteiger partial charge in [0.1, 0.15) is 5.69 Å². The van der Waals surface area contributed by atoms with Gasteiger partial charge >= 0.3 is 0 Å². The van der Waals surface area contributed by atoms with Crippen LogP contribution in [0.5, 0.6) is 0 Å². The summed E-state index contributed by atoms with van der Waals surface area (Å²) in [6.45, 7) is 2.01. The lowest BCUT2D eigenvalue weighted by atomic mass is 10.2. The number of hydrogen-bond donors (Lipinski definition) is 3. The molecule has 0 radical (unpaired) electrons. The summed E-state index contributed by atoms with van der Waals surface area (Å²) in [4.78, 5) is 9.93. The molecule has 0 fully saturated rings. The summed E-state index contributed by atoms with van der Waals surface area (Å²) in [6.07, 6.45) is -0.485. The van der Waals surface area contributed by atoms with Crippen molar-refractivity contribution in [2.24, 2.45) is 0 Å². The van der Waals surface area contributed by atoms with Gasteiger partial charge in [-0.1, -0.05) is 0 Å². The second kappa shape index (κ2) is 4.61. The van der Waals surface area contributed by atoms with Gasteiger partial charge in [-0.05, 0) is 19.1 Å². The molecule has 0 bridgehead atoms. The normalized spacial score (nSPS) is 12.1. The van der Waals surface area contributed by atoms with E-state index in [1.807, 2.05) is 0 Å². The highest BCUT2D eigenvalue weighted by Gasteiger charge is 2.10. The number of anilines is 2. The van der Waals surface area contributed by atoms with Crippen LogP contribution in [0.25, 0.3) is 0 Å². The molecule has 0 aliphatic carbocycles. The predicted octanol–water partition coefficient (Wildman–Crippen LogP) is 0.970. The second-order valence-electron chi connectivity index (χ2n) is 3.26. The molecule has 0 saturated heterocycles. The zero-order valence-corrected chi connectivity index (χ0v) is 8.30. The quantitative estimate of drug-likeness (QED) is 0.391. The summed E-state index contributed by atoms with van der Waals surface area (Å²) in [5.74, 6) is 0. The Kier molecular flexibility index (Phi) is 3.46. The van der Waals surface area contributed by atoms with Crippen molar-refractivity contribution < 1.29 is 10.0 Å². The minimum atomic E-state index is -0.534. The number of aliphatic hydroxyl groups is 1. The van der Waals surface area contributed by atoms with Crippen LogP contribution in [0, 0.1) is 10.1 Å². The first-order chi connectivity index (χ1) is 7.00. The summed E-state index contributed by atoms with van der Waals surface area (Å²) in [5, 5.41) is 22.4. The molecule has 0 saturated carbocycles. The van der Waals surface area contributed by atoms with Gasteiger partial charge < -0.3 is 16.2 Å². The maximum atomic E-state index is 10.5. The van der Waals surface area contributed by atoms with E-state index in [1.54, 1.807) is 13.0 Å². The fraction of sp³-hybridized carbons (Fsp3) is 0.333. The molecular formula is C9H13N3O3. The predicted molar refractivity (Wildman–Crippen MR) is 57.7 cm³/mol. The average molecular weight is 211 g/mol. The van der Waals surface area contributed by atoms with E-state index in [9.17, 15) is 10.1 Å². The van der Waals surface area contributed by atoms with Gasteiger partial charge in [0.05, 0.1) is 11.0 Å². The van der Waals surface area contributed by atoms with Gasteiger partial charge in [-0.25, -0.2) is 0 Å². The van der Waals surface area contributed by atoms with Crippen LogP contribution in [0.3, 0.4) is 0 Å². The van der Waals surface area contributed by atoms with E-state index >= 15 is 0 Å². The highest BCUT2D eigenvalue weighted by Crippen LogP contribution is 2.24. The Morgan fingerprint density at radius 2 is 2.33 bits per heavy atom. The molecule has 0 amide bonds. The minimum Gasteiger partial charge on any atom is -0.393 e. The Hall–Kier alpha value is -1.82. The SMILES string of the molecule is CC(O)CNc1ccc([N+](=O)[O-])c(N)c1. The molecule has 0 aliphatic rings. The highest BCUT2D eigenvalue weighted by molar-refractivity contribution is 5.65. The van der Waals surface area contributed by atoms with E-state index in [0.29, 0.717) is 12.2 Å². The average Bonchev–Trinajstić information content (AvgIpc) is 2.14. The summed E-state index contributed by atoms with van der Waals surface area (Å²) < 4.78 is 0. The summed E-state index contributed by atoms with van der Waals surface area (Å²) >= 11 is 0. The van der Waals surface area contributed by atoms with E-state index in [2.05, 4.69) is 5.32 Å². The Morgan fingerprint density at radius 3 is 2.80 bits per heavy atom. The molecule has 6 nitrogen and oxygen atoms in total. The van der Waals surface area contributed by atoms with Crippen molar-refractivity contribution in [3.63, 3.8) is 0 Å². The van der Waals surface area contributed by atoms with Crippen LogP contribution in [-0.4, -0.2) is 22.7 Å². The summed E-state index contributed by atoms with van der Waals surface area (Å²) in [5.41, 5.74) is 6.13. The van der Waals surface area contributed by atoms with Crippen LogP contribution in [0.2, 0.25) is 0 Å². The number of benzene rings is 1. The van der Waals surface area contributed by atoms with Gasteiger partial charge in [-0.15, -0.1) is 0 Å². The van der Waals surface area contributed by atoms with Crippen LogP contribution in [0.4, 0.5) is 17.1 Å². The first-order valence-corrected chi connectivity index (χ1v) is 4.46. The molecule has 1 aromatic rings. The number of rotatable bonds is 4. The zero-order chi connectivity index (χ0) is 11.4. The molecule has 1 unspecified atom stereocenters. The standard InChI is InChI=1S/C9H13N3O3/c1-6(13)5-11-7-2-3-9(12(14)15)8(10)4-7/h2-4,6,11,13H,5,10H2,1H3. The number of nitrogens with one attached hydrogen (secondary N) is 1. The van der Waals surface area contributed by atoms with Crippen LogP contribution >= 0.6 is 0 Å². The van der Waals surface area contributed by atoms with Crippen molar-refractivity contribution in [2.75, 3.05) is 17.6 Å². The lowest BCUT2D eigenvalue weighted by Crippen LogP contribution is -2.15. The third-order valence-electron chi connectivity index (χ3n) is 1.83. The molecule has 1 atom stereocenters. The lowest BCUT2D eigenvalue weighted by molar-refractivity contribution is -0.383. The molecule has 1 rings (SSSR count). The second-order valence-corrected chi connectivity index (χ2v) is 3.26. The van der Waals surface area contributed by atoms with Gasteiger partial charge in [0.25, 0.3) is 5.69 Å². The maximum absolute atomic E-state index is 10.5. The highest BCUT2D eigenvalue weighted by atomic mass is 16.6. The van der Waals surface area contributed by atoms with Crippen LogP contribution in [-0.2, 0) is 0 Å². The molecular weight excluding hydrogens is 198 g/mol. The smallest absolute Gasteiger partial charge is 0.292 e. The minimum absolute atomic E-state index is 0.107. The third-order valence-corrected chi connectivity index (χ3v) is 1.83. The topological polar surface area (TPSA) is 101 Å². The maximum Gasteiger partial charge on any atom is 0.292 e. The lowest BCUT2D eigenvalue weighted by Gasteiger charge is -2.08. The van der Waals surface area contributed by atoms with E-state index in [4.69, 9.17) is 10.8 Å². The summed E-state index contributed by atoms with van der Waals surface area (Å²) in [7, 11) is 0. The van der Waals surface area contributed by atoms with Crippen LogP contribution in [0.1, 0.15) is 6.92 Å². The largest absolute Gasteiger partial charge is 0.393 e. The molecule has 1 aromatic carbocycles. The van der Waals surface area contributed by atoms with Crippen molar-refractivity contribution in [3.8, 4) is 0 Å². The van der Waals surface area contributed by atoms with E-state index in [1.165, 1.54) is 12.1 Å². The number of nitrogens with two attached hydrogens (primary N) is 1. The van der Waals surface area contributed by atoms with E-state index in [0.717, 1.165) is 0 Å². The summed E-state index contributed by atoms with van der Waals surface area (Å²) in [6, 6.07) is 4.36. The first kappa shape index (κ1) is 11.3. The Morgan fingerprint density at radius 1 is 1.67 bits per heavy atom. The Bertz CT molecular complexity index is 366. The molecule has 15 heavy (non-hydrogen) atoms. The van der Waals surface area contributed by atoms with Crippen molar-refractivity contribution >= 4 is 17.1 Å². The van der Waals surface area contributed by atoms with Gasteiger partial charge in [-0.3, -0.25) is 10.1 Å². The van der Waals surface area contributed by atoms with Crippen molar-refractivity contribution in [1.82, 2.24) is 0 Å². The fourth-order valence-corrected chi connectivity index (χ4v) is 1.10. The van der Waals surface area contributed by atoms with E-state index in [-0.39, 0.29) is 11.4 Å². The molecule has 0 aromatic heterocycles. The number of nitrogens with zero attached hydrogens (tertiary/aromatic N) is 1. The fourth-order valence-electron chi connectivity index (χ4n) is 1.10. The number of nitro benzene ring substituents is 1. The molecule has 0 spiro atoms. The first-order valence-electron chi connectivity index (χ1n) is 4.46. The van der Waals surface area contributed by atoms with Gasteiger partial charge in [0, 0.05) is 18.3 Å². The molecule has 0 aliphatic heterocycles. The molecule has 82 valence electrons. The third kappa shape index (κ3) is 3.10. The number of nitro groups is 1. The van der Waals surface area contributed by atoms with Gasteiger partial charge in [-0.2, -0.15) is 0 Å². The molecule has 4 N–H and O–H groups in total. The van der Waals surface area contributed by atoms with Crippen molar-refractivity contribution in [3.05, 3.63) is 28.3 Å². The monoisotopic (exact) mass is 211 g/mol.